The summed E-state index contributed by atoms with van der Waals surface area (Å²) in [5.74, 6) is 1.08. The molecule has 0 bridgehead atoms. The molecule has 1 saturated carbocycles. The number of fused-ring (bicyclic) bond motifs is 1. The van der Waals surface area contributed by atoms with E-state index in [9.17, 15) is 9.90 Å². The van der Waals surface area contributed by atoms with Gasteiger partial charge in [0.15, 0.2) is 0 Å². The zero-order valence-electron chi connectivity index (χ0n) is 9.53. The van der Waals surface area contributed by atoms with Crippen LogP contribution in [-0.4, -0.2) is 16.8 Å². The van der Waals surface area contributed by atoms with E-state index in [1.54, 1.807) is 17.8 Å². The Balaban J connectivity index is 1.99. The fraction of sp³-hybridized carbons (Fsp3) is 0.462. The molecule has 1 amide bonds. The molecule has 17 heavy (non-hydrogen) atoms. The predicted octanol–water partition coefficient (Wildman–Crippen LogP) is 3.00. The van der Waals surface area contributed by atoms with Gasteiger partial charge in [-0.05, 0) is 25.0 Å². The number of rotatable bonds is 0. The number of phenolic OH excluding ortho intramolecular Hbond substituents is 1. The van der Waals surface area contributed by atoms with Gasteiger partial charge in [-0.1, -0.05) is 18.9 Å². The largest absolute Gasteiger partial charge is 0.506 e. The Morgan fingerprint density at radius 1 is 1.29 bits per heavy atom. The van der Waals surface area contributed by atoms with E-state index >= 15 is 0 Å². The third-order valence-electron chi connectivity index (χ3n) is 3.79. The van der Waals surface area contributed by atoms with Gasteiger partial charge in [-0.15, -0.1) is 11.8 Å². The molecule has 1 aliphatic carbocycles. The summed E-state index contributed by atoms with van der Waals surface area (Å²) in [5, 5.41) is 12.7. The van der Waals surface area contributed by atoms with Crippen molar-refractivity contribution in [2.24, 2.45) is 5.41 Å². The highest BCUT2D eigenvalue weighted by molar-refractivity contribution is 7.99. The van der Waals surface area contributed by atoms with Gasteiger partial charge in [0.1, 0.15) is 5.75 Å². The number of carbonyl (C=O) groups is 1. The zero-order chi connectivity index (χ0) is 11.9. The molecule has 2 N–H and O–H groups in total. The van der Waals surface area contributed by atoms with Gasteiger partial charge in [0.25, 0.3) is 0 Å². The summed E-state index contributed by atoms with van der Waals surface area (Å²) in [6.45, 7) is 0. The van der Waals surface area contributed by atoms with Crippen molar-refractivity contribution in [1.29, 1.82) is 0 Å². The normalized spacial score (nSPS) is 22.0. The molecule has 0 unspecified atom stereocenters. The van der Waals surface area contributed by atoms with Crippen molar-refractivity contribution in [3.63, 3.8) is 0 Å². The minimum Gasteiger partial charge on any atom is -0.506 e. The van der Waals surface area contributed by atoms with Crippen LogP contribution in [0, 0.1) is 5.41 Å². The number of aromatic hydroxyl groups is 1. The van der Waals surface area contributed by atoms with Gasteiger partial charge in [-0.25, -0.2) is 0 Å². The molecule has 0 saturated heterocycles. The molecule has 0 radical (unpaired) electrons. The Hall–Kier alpha value is -1.16. The monoisotopic (exact) mass is 249 g/mol. The highest BCUT2D eigenvalue weighted by Gasteiger charge is 2.43. The predicted molar refractivity (Wildman–Crippen MR) is 68.4 cm³/mol. The Kier molecular flexibility index (Phi) is 2.54. The summed E-state index contributed by atoms with van der Waals surface area (Å²) in [4.78, 5) is 13.3. The molecule has 0 atom stereocenters. The molecule has 1 aliphatic heterocycles. The first-order valence-corrected chi connectivity index (χ1v) is 6.96. The standard InChI is InChI=1S/C13H15NO2S/c15-9-4-3-5-10-11(9)14-12(16)13(8-17-10)6-1-2-7-13/h3-5,15H,1-2,6-8H2,(H,14,16). The van der Waals surface area contributed by atoms with Crippen molar-refractivity contribution in [3.05, 3.63) is 18.2 Å². The number of para-hydroxylation sites is 1. The highest BCUT2D eigenvalue weighted by atomic mass is 32.2. The van der Waals surface area contributed by atoms with Crippen LogP contribution in [-0.2, 0) is 4.79 Å². The maximum Gasteiger partial charge on any atom is 0.231 e. The van der Waals surface area contributed by atoms with Gasteiger partial charge < -0.3 is 10.4 Å². The Bertz CT molecular complexity index is 466. The van der Waals surface area contributed by atoms with E-state index in [2.05, 4.69) is 5.32 Å². The zero-order valence-corrected chi connectivity index (χ0v) is 10.3. The summed E-state index contributed by atoms with van der Waals surface area (Å²) >= 11 is 1.68. The van der Waals surface area contributed by atoms with E-state index in [1.165, 1.54) is 0 Å². The first kappa shape index (κ1) is 11.0. The molecule has 4 heteroatoms. The van der Waals surface area contributed by atoms with E-state index in [1.807, 2.05) is 12.1 Å². The van der Waals surface area contributed by atoms with E-state index in [-0.39, 0.29) is 17.1 Å². The van der Waals surface area contributed by atoms with E-state index in [0.717, 1.165) is 36.3 Å². The summed E-state index contributed by atoms with van der Waals surface area (Å²) in [5.41, 5.74) is 0.377. The molecule has 3 nitrogen and oxygen atoms in total. The Labute approximate surface area is 105 Å². The molecule has 3 rings (SSSR count). The Morgan fingerprint density at radius 2 is 2.06 bits per heavy atom. The van der Waals surface area contributed by atoms with Crippen LogP contribution in [0.4, 0.5) is 5.69 Å². The highest BCUT2D eigenvalue weighted by Crippen LogP contribution is 2.48. The molecule has 1 aromatic carbocycles. The number of thioether (sulfide) groups is 1. The minimum atomic E-state index is -0.212. The van der Waals surface area contributed by atoms with Crippen LogP contribution in [0.25, 0.3) is 0 Å². The van der Waals surface area contributed by atoms with E-state index < -0.39 is 0 Å². The van der Waals surface area contributed by atoms with Crippen LogP contribution in [0.2, 0.25) is 0 Å². The maximum atomic E-state index is 12.3. The van der Waals surface area contributed by atoms with Gasteiger partial charge in [0.05, 0.1) is 11.1 Å². The SMILES string of the molecule is O=C1Nc2c(O)cccc2SCC12CCCC2. The fourth-order valence-corrected chi connectivity index (χ4v) is 4.04. The molecular weight excluding hydrogens is 234 g/mol. The molecule has 90 valence electrons. The lowest BCUT2D eigenvalue weighted by Gasteiger charge is -2.24. The summed E-state index contributed by atoms with van der Waals surface area (Å²) in [6.07, 6.45) is 4.22. The average molecular weight is 249 g/mol. The molecule has 1 fully saturated rings. The number of nitrogens with one attached hydrogen (secondary N) is 1. The van der Waals surface area contributed by atoms with E-state index in [4.69, 9.17) is 0 Å². The van der Waals surface area contributed by atoms with Gasteiger partial charge >= 0.3 is 0 Å². The summed E-state index contributed by atoms with van der Waals surface area (Å²) < 4.78 is 0. The second-order valence-corrected chi connectivity index (χ2v) is 5.90. The number of hydrogen-bond acceptors (Lipinski definition) is 3. The van der Waals surface area contributed by atoms with Gasteiger partial charge in [0, 0.05) is 10.6 Å². The smallest absolute Gasteiger partial charge is 0.231 e. The number of phenols is 1. The maximum absolute atomic E-state index is 12.3. The molecule has 1 aromatic rings. The van der Waals surface area contributed by atoms with Crippen molar-refractivity contribution in [3.8, 4) is 5.75 Å². The van der Waals surface area contributed by atoms with Crippen LogP contribution in [0.3, 0.4) is 0 Å². The third-order valence-corrected chi connectivity index (χ3v) is 5.14. The van der Waals surface area contributed by atoms with Crippen molar-refractivity contribution in [1.82, 2.24) is 0 Å². The quantitative estimate of drug-likeness (QED) is 0.695. The van der Waals surface area contributed by atoms with Crippen molar-refractivity contribution in [2.75, 3.05) is 11.1 Å². The van der Waals surface area contributed by atoms with Crippen LogP contribution in [0.15, 0.2) is 23.1 Å². The average Bonchev–Trinajstić information content (AvgIpc) is 2.74. The van der Waals surface area contributed by atoms with Crippen molar-refractivity contribution < 1.29 is 9.90 Å². The van der Waals surface area contributed by atoms with Gasteiger partial charge in [-0.3, -0.25) is 4.79 Å². The lowest BCUT2D eigenvalue weighted by Crippen LogP contribution is -2.34. The molecule has 1 heterocycles. The second kappa shape index (κ2) is 3.95. The van der Waals surface area contributed by atoms with Crippen LogP contribution < -0.4 is 5.32 Å². The third kappa shape index (κ3) is 1.71. The number of amides is 1. The molecule has 2 aliphatic rings. The summed E-state index contributed by atoms with van der Waals surface area (Å²) in [7, 11) is 0. The number of carbonyl (C=O) groups excluding carboxylic acids is 1. The first-order chi connectivity index (χ1) is 8.21. The van der Waals surface area contributed by atoms with Crippen molar-refractivity contribution in [2.45, 2.75) is 30.6 Å². The van der Waals surface area contributed by atoms with E-state index in [0.29, 0.717) is 5.69 Å². The van der Waals surface area contributed by atoms with Crippen LogP contribution >= 0.6 is 11.8 Å². The number of anilines is 1. The molecule has 0 aromatic heterocycles. The van der Waals surface area contributed by atoms with Crippen LogP contribution in [0.1, 0.15) is 25.7 Å². The van der Waals surface area contributed by atoms with Crippen LogP contribution in [0.5, 0.6) is 5.75 Å². The second-order valence-electron chi connectivity index (χ2n) is 4.88. The molecular formula is C13H15NO2S. The van der Waals surface area contributed by atoms with Crippen molar-refractivity contribution >= 4 is 23.4 Å². The fourth-order valence-electron chi connectivity index (χ4n) is 2.72. The lowest BCUT2D eigenvalue weighted by molar-refractivity contribution is -0.124. The number of hydrogen-bond donors (Lipinski definition) is 2. The summed E-state index contributed by atoms with van der Waals surface area (Å²) in [6, 6.07) is 5.39. The molecule has 1 spiro atoms. The number of benzene rings is 1. The Morgan fingerprint density at radius 3 is 2.82 bits per heavy atom. The lowest BCUT2D eigenvalue weighted by atomic mass is 9.87. The minimum absolute atomic E-state index is 0.0859. The first-order valence-electron chi connectivity index (χ1n) is 5.98. The van der Waals surface area contributed by atoms with Gasteiger partial charge in [-0.2, -0.15) is 0 Å². The van der Waals surface area contributed by atoms with Gasteiger partial charge in [0.2, 0.25) is 5.91 Å². The topological polar surface area (TPSA) is 49.3 Å².